The maximum absolute atomic E-state index is 8.76. The third kappa shape index (κ3) is 1.93. The maximum Gasteiger partial charge on any atom is 0.109 e. The van der Waals surface area contributed by atoms with Gasteiger partial charge >= 0.3 is 0 Å². The quantitative estimate of drug-likeness (QED) is 0.678. The highest BCUT2D eigenvalue weighted by Crippen LogP contribution is 2.27. The summed E-state index contributed by atoms with van der Waals surface area (Å²) in [6.07, 6.45) is 2.21. The summed E-state index contributed by atoms with van der Waals surface area (Å²) in [7, 11) is 0. The minimum atomic E-state index is 0.497. The molecule has 0 aliphatic carbocycles. The van der Waals surface area contributed by atoms with Crippen molar-refractivity contribution in [2.24, 2.45) is 0 Å². The first kappa shape index (κ1) is 9.88. The number of hydrogen-bond acceptors (Lipinski definition) is 2. The van der Waals surface area contributed by atoms with Gasteiger partial charge < -0.3 is 4.42 Å². The lowest BCUT2D eigenvalue weighted by Gasteiger charge is -1.98. The average Bonchev–Trinajstić information content (AvgIpc) is 2.53. The molecule has 0 saturated carbocycles. The van der Waals surface area contributed by atoms with Gasteiger partial charge in [-0.2, -0.15) is 5.26 Å². The van der Waals surface area contributed by atoms with E-state index in [2.05, 4.69) is 6.07 Å². The Hall–Kier alpha value is -1.20. The number of halogens is 1. The van der Waals surface area contributed by atoms with Gasteiger partial charge in [0.05, 0.1) is 17.4 Å². The third-order valence-corrected chi connectivity index (χ3v) is 2.28. The second kappa shape index (κ2) is 4.15. The van der Waals surface area contributed by atoms with Gasteiger partial charge in [0.2, 0.25) is 0 Å². The van der Waals surface area contributed by atoms with Crippen molar-refractivity contribution in [2.75, 3.05) is 0 Å². The summed E-state index contributed by atoms with van der Waals surface area (Å²) in [4.78, 5) is 0. The number of rotatable bonds is 2. The minimum Gasteiger partial charge on any atom is -0.469 e. The maximum atomic E-state index is 8.76. The Labute approximate surface area is 82.4 Å². The predicted octanol–water partition coefficient (Wildman–Crippen LogP) is 3.47. The van der Waals surface area contributed by atoms with Crippen LogP contribution in [0.1, 0.15) is 24.7 Å². The van der Waals surface area contributed by atoms with E-state index in [-0.39, 0.29) is 0 Å². The van der Waals surface area contributed by atoms with E-state index in [9.17, 15) is 0 Å². The molecule has 0 fully saturated rings. The molecule has 0 bridgehead atoms. The lowest BCUT2D eigenvalue weighted by atomic mass is 10.1. The molecule has 0 unspecified atom stereocenters. The van der Waals surface area contributed by atoms with E-state index < -0.39 is 0 Å². The SMILES string of the molecule is CC/C(C#N)=C(/Cl)c1ccoc1C. The van der Waals surface area contributed by atoms with Crippen LogP contribution in [0.4, 0.5) is 0 Å². The van der Waals surface area contributed by atoms with Crippen LogP contribution in [0.15, 0.2) is 22.3 Å². The summed E-state index contributed by atoms with van der Waals surface area (Å²) in [6.45, 7) is 3.72. The van der Waals surface area contributed by atoms with Gasteiger partial charge in [0, 0.05) is 11.1 Å². The van der Waals surface area contributed by atoms with Gasteiger partial charge in [-0.25, -0.2) is 0 Å². The van der Waals surface area contributed by atoms with Crippen LogP contribution in [-0.4, -0.2) is 0 Å². The van der Waals surface area contributed by atoms with E-state index in [1.54, 1.807) is 12.3 Å². The highest BCUT2D eigenvalue weighted by molar-refractivity contribution is 6.49. The number of hydrogen-bond donors (Lipinski definition) is 0. The zero-order valence-corrected chi connectivity index (χ0v) is 8.35. The summed E-state index contributed by atoms with van der Waals surface area (Å²) in [5.41, 5.74) is 1.39. The number of aryl methyl sites for hydroxylation is 1. The van der Waals surface area contributed by atoms with Crippen molar-refractivity contribution < 1.29 is 4.42 Å². The molecule has 13 heavy (non-hydrogen) atoms. The second-order valence-electron chi connectivity index (χ2n) is 2.65. The van der Waals surface area contributed by atoms with Gasteiger partial charge in [-0.3, -0.25) is 0 Å². The Morgan fingerprint density at radius 1 is 1.69 bits per heavy atom. The lowest BCUT2D eigenvalue weighted by molar-refractivity contribution is 0.533. The van der Waals surface area contributed by atoms with Crippen molar-refractivity contribution in [3.63, 3.8) is 0 Å². The fraction of sp³-hybridized carbons (Fsp3) is 0.300. The van der Waals surface area contributed by atoms with Crippen LogP contribution in [0.2, 0.25) is 0 Å². The van der Waals surface area contributed by atoms with E-state index in [0.717, 1.165) is 11.3 Å². The van der Waals surface area contributed by atoms with Crippen LogP contribution in [0.3, 0.4) is 0 Å². The third-order valence-electron chi connectivity index (χ3n) is 1.85. The van der Waals surface area contributed by atoms with E-state index in [1.807, 2.05) is 13.8 Å². The molecule has 0 radical (unpaired) electrons. The average molecular weight is 196 g/mol. The molecule has 2 nitrogen and oxygen atoms in total. The first-order valence-corrected chi connectivity index (χ1v) is 4.41. The Kier molecular flexibility index (Phi) is 3.16. The van der Waals surface area contributed by atoms with Crippen molar-refractivity contribution in [3.05, 3.63) is 29.2 Å². The Bertz CT molecular complexity index is 371. The molecule has 68 valence electrons. The zero-order valence-electron chi connectivity index (χ0n) is 7.60. The van der Waals surface area contributed by atoms with Crippen molar-refractivity contribution in [2.45, 2.75) is 20.3 Å². The smallest absolute Gasteiger partial charge is 0.109 e. The number of nitriles is 1. The summed E-state index contributed by atoms with van der Waals surface area (Å²) >= 11 is 6.02. The molecule has 1 aromatic rings. The van der Waals surface area contributed by atoms with Gasteiger partial charge in [-0.15, -0.1) is 0 Å². The zero-order chi connectivity index (χ0) is 9.84. The van der Waals surface area contributed by atoms with Crippen molar-refractivity contribution in [1.82, 2.24) is 0 Å². The van der Waals surface area contributed by atoms with Crippen LogP contribution < -0.4 is 0 Å². The highest BCUT2D eigenvalue weighted by atomic mass is 35.5. The van der Waals surface area contributed by atoms with E-state index in [0.29, 0.717) is 17.0 Å². The summed E-state index contributed by atoms with van der Waals surface area (Å²) in [6, 6.07) is 3.84. The van der Waals surface area contributed by atoms with Crippen LogP contribution in [0, 0.1) is 18.3 Å². The van der Waals surface area contributed by atoms with Crippen molar-refractivity contribution in [3.8, 4) is 6.07 Å². The summed E-state index contributed by atoms with van der Waals surface area (Å²) in [5.74, 6) is 0.742. The molecule has 1 rings (SSSR count). The predicted molar refractivity (Wildman–Crippen MR) is 52.1 cm³/mol. The molecule has 0 aromatic carbocycles. The molecule has 0 aliphatic heterocycles. The molecule has 0 N–H and O–H groups in total. The molecule has 3 heteroatoms. The standard InChI is InChI=1S/C10H10ClNO/c1-3-8(6-12)10(11)9-4-5-13-7(9)2/h4-5H,3H2,1-2H3/b10-8-. The van der Waals surface area contributed by atoms with Gasteiger partial charge in [-0.05, 0) is 19.4 Å². The van der Waals surface area contributed by atoms with E-state index in [1.165, 1.54) is 0 Å². The van der Waals surface area contributed by atoms with Gasteiger partial charge in [0.15, 0.2) is 0 Å². The largest absolute Gasteiger partial charge is 0.469 e. The fourth-order valence-electron chi connectivity index (χ4n) is 1.06. The Balaban J connectivity index is 3.17. The second-order valence-corrected chi connectivity index (χ2v) is 3.03. The van der Waals surface area contributed by atoms with Crippen LogP contribution in [0.25, 0.3) is 5.03 Å². The summed E-state index contributed by atoms with van der Waals surface area (Å²) in [5, 5.41) is 9.26. The van der Waals surface area contributed by atoms with Crippen molar-refractivity contribution >= 4 is 16.6 Å². The van der Waals surface area contributed by atoms with E-state index in [4.69, 9.17) is 21.3 Å². The van der Waals surface area contributed by atoms with E-state index >= 15 is 0 Å². The number of nitrogens with zero attached hydrogens (tertiary/aromatic N) is 1. The first-order valence-electron chi connectivity index (χ1n) is 4.04. The highest BCUT2D eigenvalue weighted by Gasteiger charge is 2.09. The van der Waals surface area contributed by atoms with Gasteiger partial charge in [0.25, 0.3) is 0 Å². The monoisotopic (exact) mass is 195 g/mol. The Morgan fingerprint density at radius 3 is 2.77 bits per heavy atom. The Morgan fingerprint density at radius 2 is 2.38 bits per heavy atom. The molecule has 0 amide bonds. The molecule has 0 saturated heterocycles. The molecule has 0 atom stereocenters. The minimum absolute atomic E-state index is 0.497. The van der Waals surface area contributed by atoms with Gasteiger partial charge in [-0.1, -0.05) is 18.5 Å². The van der Waals surface area contributed by atoms with Crippen LogP contribution >= 0.6 is 11.6 Å². The topological polar surface area (TPSA) is 36.9 Å². The molecular formula is C10H10ClNO. The van der Waals surface area contributed by atoms with Gasteiger partial charge in [0.1, 0.15) is 5.76 Å². The summed E-state index contributed by atoms with van der Waals surface area (Å²) < 4.78 is 5.10. The number of allylic oxidation sites excluding steroid dienone is 1. The molecule has 0 spiro atoms. The number of furan rings is 1. The lowest BCUT2D eigenvalue weighted by Crippen LogP contribution is -1.83. The van der Waals surface area contributed by atoms with Crippen LogP contribution in [0.5, 0.6) is 0 Å². The first-order chi connectivity index (χ1) is 6.20. The molecule has 0 aliphatic rings. The van der Waals surface area contributed by atoms with Crippen molar-refractivity contribution in [1.29, 1.82) is 5.26 Å². The fourth-order valence-corrected chi connectivity index (χ4v) is 1.43. The normalized spacial score (nSPS) is 12.2. The molecule has 1 aromatic heterocycles. The van der Waals surface area contributed by atoms with Crippen LogP contribution in [-0.2, 0) is 0 Å². The molecular weight excluding hydrogens is 186 g/mol. The molecule has 1 heterocycles.